The lowest BCUT2D eigenvalue weighted by Gasteiger charge is -2.23. The van der Waals surface area contributed by atoms with Crippen LogP contribution in [0.2, 0.25) is 0 Å². The number of carbonyl (C=O) groups excluding carboxylic acids is 1. The summed E-state index contributed by atoms with van der Waals surface area (Å²) >= 11 is 0. The molecule has 0 bridgehead atoms. The van der Waals surface area contributed by atoms with Gasteiger partial charge in [-0.15, -0.1) is 10.2 Å². The zero-order valence-electron chi connectivity index (χ0n) is 10.1. The summed E-state index contributed by atoms with van der Waals surface area (Å²) in [5.74, 6) is 0.715. The molecule has 0 saturated carbocycles. The van der Waals surface area contributed by atoms with Gasteiger partial charge in [-0.25, -0.2) is 4.98 Å². The molecule has 0 radical (unpaired) electrons. The third-order valence-electron chi connectivity index (χ3n) is 2.83. The van der Waals surface area contributed by atoms with Crippen molar-refractivity contribution in [1.82, 2.24) is 15.2 Å². The van der Waals surface area contributed by atoms with E-state index in [1.807, 2.05) is 0 Å². The minimum atomic E-state index is -0.499. The van der Waals surface area contributed by atoms with Gasteiger partial charge in [0.05, 0.1) is 5.69 Å². The van der Waals surface area contributed by atoms with Gasteiger partial charge in [0.15, 0.2) is 11.9 Å². The highest BCUT2D eigenvalue weighted by atomic mass is 16.5. The predicted molar refractivity (Wildman–Crippen MR) is 68.4 cm³/mol. The van der Waals surface area contributed by atoms with Crippen LogP contribution in [0.5, 0.6) is 5.75 Å². The Balaban J connectivity index is 2.05. The zero-order valence-corrected chi connectivity index (χ0v) is 10.1. The van der Waals surface area contributed by atoms with Gasteiger partial charge < -0.3 is 15.8 Å². The lowest BCUT2D eigenvalue weighted by atomic mass is 10.1. The number of ether oxygens (including phenoxy) is 1. The summed E-state index contributed by atoms with van der Waals surface area (Å²) < 4.78 is 5.47. The summed E-state index contributed by atoms with van der Waals surface area (Å²) in [5, 5.41) is 10.4. The number of nitrogen functional groups attached to an aromatic ring is 1. The van der Waals surface area contributed by atoms with Gasteiger partial charge in [0, 0.05) is 5.56 Å². The molecule has 1 unspecified atom stereocenters. The summed E-state index contributed by atoms with van der Waals surface area (Å²) in [6, 6.07) is 5.29. The van der Waals surface area contributed by atoms with Crippen molar-refractivity contribution in [2.75, 3.05) is 11.1 Å². The summed E-state index contributed by atoms with van der Waals surface area (Å²) in [6.07, 6.45) is 0.783. The summed E-state index contributed by atoms with van der Waals surface area (Å²) in [4.78, 5) is 15.5. The van der Waals surface area contributed by atoms with E-state index < -0.39 is 6.10 Å². The number of nitrogens with zero attached hydrogens (tertiary/aromatic N) is 3. The average molecular weight is 257 g/mol. The molecule has 0 aliphatic carbocycles. The van der Waals surface area contributed by atoms with E-state index >= 15 is 0 Å². The Morgan fingerprint density at radius 1 is 1.42 bits per heavy atom. The summed E-state index contributed by atoms with van der Waals surface area (Å²) in [5.41, 5.74) is 7.52. The van der Waals surface area contributed by atoms with Crippen molar-refractivity contribution in [1.29, 1.82) is 0 Å². The molecule has 2 aromatic rings. The first-order chi connectivity index (χ1) is 9.15. The molecule has 3 N–H and O–H groups in total. The van der Waals surface area contributed by atoms with Gasteiger partial charge in [0.1, 0.15) is 17.8 Å². The van der Waals surface area contributed by atoms with E-state index in [1.54, 1.807) is 25.1 Å². The summed E-state index contributed by atoms with van der Waals surface area (Å²) in [7, 11) is 0. The first-order valence-corrected chi connectivity index (χ1v) is 5.70. The Bertz CT molecular complexity index is 658. The van der Waals surface area contributed by atoms with Crippen LogP contribution in [0.4, 0.5) is 11.5 Å². The summed E-state index contributed by atoms with van der Waals surface area (Å²) in [6.45, 7) is 1.69. The molecule has 19 heavy (non-hydrogen) atoms. The smallest absolute Gasteiger partial charge is 0.265 e. The van der Waals surface area contributed by atoms with Crippen LogP contribution in [0.1, 0.15) is 6.92 Å². The van der Waals surface area contributed by atoms with Crippen LogP contribution in [-0.4, -0.2) is 27.2 Å². The quantitative estimate of drug-likeness (QED) is 0.784. The average Bonchev–Trinajstić information content (AvgIpc) is 2.40. The van der Waals surface area contributed by atoms with Crippen molar-refractivity contribution in [3.63, 3.8) is 0 Å². The Kier molecular flexibility index (Phi) is 2.52. The highest BCUT2D eigenvalue weighted by molar-refractivity contribution is 5.98. The monoisotopic (exact) mass is 257 g/mol. The van der Waals surface area contributed by atoms with Gasteiger partial charge in [0.25, 0.3) is 5.91 Å². The second kappa shape index (κ2) is 4.20. The molecule has 7 heteroatoms. The molecule has 1 aromatic carbocycles. The third-order valence-corrected chi connectivity index (χ3v) is 2.83. The van der Waals surface area contributed by atoms with Crippen molar-refractivity contribution in [3.05, 3.63) is 24.5 Å². The first-order valence-electron chi connectivity index (χ1n) is 5.70. The number of carbonyl (C=O) groups is 1. The topological polar surface area (TPSA) is 103 Å². The number of aromatic nitrogens is 3. The van der Waals surface area contributed by atoms with E-state index in [4.69, 9.17) is 10.5 Å². The van der Waals surface area contributed by atoms with Crippen LogP contribution in [0.25, 0.3) is 11.3 Å². The van der Waals surface area contributed by atoms with Gasteiger partial charge >= 0.3 is 0 Å². The molecular formula is C12H11N5O2. The number of rotatable bonds is 1. The van der Waals surface area contributed by atoms with Crippen LogP contribution in [0.15, 0.2) is 24.5 Å². The maximum atomic E-state index is 11.6. The number of hydrogen-bond acceptors (Lipinski definition) is 6. The number of benzene rings is 1. The molecule has 0 saturated heterocycles. The van der Waals surface area contributed by atoms with E-state index in [0.29, 0.717) is 17.1 Å². The first kappa shape index (κ1) is 11.4. The molecule has 3 rings (SSSR count). The number of amides is 1. The van der Waals surface area contributed by atoms with Gasteiger partial charge in [-0.1, -0.05) is 0 Å². The van der Waals surface area contributed by atoms with Crippen LogP contribution in [-0.2, 0) is 4.79 Å². The maximum absolute atomic E-state index is 11.6. The Morgan fingerprint density at radius 3 is 3.05 bits per heavy atom. The standard InChI is InChI=1S/C12H11N5O2/c1-6-12(18)16-8-4-7(2-3-9(8)19-6)10-11(13)14-5-15-17-10/h2-6H,1H3,(H,16,18)(H2,13,14,15). The Hall–Kier alpha value is -2.70. The number of hydrogen-bond donors (Lipinski definition) is 2. The predicted octanol–water partition coefficient (Wildman–Crippen LogP) is 0.840. The zero-order chi connectivity index (χ0) is 13.4. The van der Waals surface area contributed by atoms with Gasteiger partial charge in [-0.05, 0) is 25.1 Å². The molecule has 1 atom stereocenters. The molecule has 0 spiro atoms. The van der Waals surface area contributed by atoms with Crippen LogP contribution < -0.4 is 15.8 Å². The van der Waals surface area contributed by atoms with Gasteiger partial charge in [0.2, 0.25) is 0 Å². The molecular weight excluding hydrogens is 246 g/mol. The number of anilines is 2. The molecule has 96 valence electrons. The number of fused-ring (bicyclic) bond motifs is 1. The highest BCUT2D eigenvalue weighted by Crippen LogP contribution is 2.34. The normalized spacial score (nSPS) is 17.3. The van der Waals surface area contributed by atoms with E-state index in [9.17, 15) is 4.79 Å². The molecule has 1 aromatic heterocycles. The molecule has 0 fully saturated rings. The van der Waals surface area contributed by atoms with E-state index in [-0.39, 0.29) is 11.7 Å². The van der Waals surface area contributed by atoms with E-state index in [1.165, 1.54) is 6.33 Å². The van der Waals surface area contributed by atoms with Crippen molar-refractivity contribution < 1.29 is 9.53 Å². The number of nitrogens with one attached hydrogen (secondary N) is 1. The minimum Gasteiger partial charge on any atom is -0.479 e. The van der Waals surface area contributed by atoms with Gasteiger partial charge in [-0.3, -0.25) is 4.79 Å². The third kappa shape index (κ3) is 1.95. The van der Waals surface area contributed by atoms with Gasteiger partial charge in [-0.2, -0.15) is 0 Å². The van der Waals surface area contributed by atoms with Crippen LogP contribution in [0.3, 0.4) is 0 Å². The maximum Gasteiger partial charge on any atom is 0.265 e. The fourth-order valence-corrected chi connectivity index (χ4v) is 1.85. The molecule has 2 heterocycles. The second-order valence-electron chi connectivity index (χ2n) is 4.15. The molecule has 1 amide bonds. The lowest BCUT2D eigenvalue weighted by molar-refractivity contribution is -0.122. The highest BCUT2D eigenvalue weighted by Gasteiger charge is 2.24. The fourth-order valence-electron chi connectivity index (χ4n) is 1.85. The SMILES string of the molecule is CC1Oc2ccc(-c3nncnc3N)cc2NC1=O. The lowest BCUT2D eigenvalue weighted by Crippen LogP contribution is -2.34. The molecule has 7 nitrogen and oxygen atoms in total. The van der Waals surface area contributed by atoms with Crippen molar-refractivity contribution in [2.24, 2.45) is 0 Å². The fraction of sp³-hybridized carbons (Fsp3) is 0.167. The van der Waals surface area contributed by atoms with E-state index in [0.717, 1.165) is 5.56 Å². The van der Waals surface area contributed by atoms with Crippen molar-refractivity contribution in [2.45, 2.75) is 13.0 Å². The second-order valence-corrected chi connectivity index (χ2v) is 4.15. The van der Waals surface area contributed by atoms with Crippen molar-refractivity contribution >= 4 is 17.4 Å². The Labute approximate surface area is 108 Å². The number of nitrogens with two attached hydrogens (primary N) is 1. The minimum absolute atomic E-state index is 0.185. The van der Waals surface area contributed by atoms with Crippen LogP contribution >= 0.6 is 0 Å². The van der Waals surface area contributed by atoms with E-state index in [2.05, 4.69) is 20.5 Å². The molecule has 1 aliphatic heterocycles. The van der Waals surface area contributed by atoms with Crippen LogP contribution in [0, 0.1) is 0 Å². The molecule has 1 aliphatic rings. The Morgan fingerprint density at radius 2 is 2.26 bits per heavy atom. The largest absolute Gasteiger partial charge is 0.479 e. The van der Waals surface area contributed by atoms with Crippen molar-refractivity contribution in [3.8, 4) is 17.0 Å².